The van der Waals surface area contributed by atoms with Crippen LogP contribution in [0.2, 0.25) is 0 Å². The number of para-hydroxylation sites is 2. The number of carbonyl (C=O) groups excluding carboxylic acids is 2. The van der Waals surface area contributed by atoms with Gasteiger partial charge in [0.1, 0.15) is 12.4 Å². The molecule has 0 unspecified atom stereocenters. The highest BCUT2D eigenvalue weighted by Crippen LogP contribution is 2.18. The number of aryl methyl sites for hydroxylation is 1. The molecule has 0 atom stereocenters. The summed E-state index contributed by atoms with van der Waals surface area (Å²) in [5, 5.41) is 2.85. The lowest BCUT2D eigenvalue weighted by Crippen LogP contribution is -2.31. The predicted molar refractivity (Wildman–Crippen MR) is 105 cm³/mol. The van der Waals surface area contributed by atoms with Crippen molar-refractivity contribution in [1.82, 2.24) is 19.8 Å². The molecule has 1 saturated heterocycles. The van der Waals surface area contributed by atoms with Crippen LogP contribution in [0, 0.1) is 0 Å². The molecule has 0 saturated carbocycles. The largest absolute Gasteiger partial charge is 0.459 e. The average Bonchev–Trinajstić information content (AvgIpc) is 3.46. The molecule has 146 valence electrons. The zero-order chi connectivity index (χ0) is 19.3. The van der Waals surface area contributed by atoms with Gasteiger partial charge in [0.25, 0.3) is 5.91 Å². The van der Waals surface area contributed by atoms with Crippen LogP contribution in [0.5, 0.6) is 0 Å². The van der Waals surface area contributed by atoms with Crippen LogP contribution in [0.15, 0.2) is 47.1 Å². The molecule has 1 aromatic carbocycles. The molecule has 0 bridgehead atoms. The molecule has 28 heavy (non-hydrogen) atoms. The number of aromatic nitrogens is 2. The molecule has 1 fully saturated rings. The van der Waals surface area contributed by atoms with E-state index in [-0.39, 0.29) is 11.8 Å². The summed E-state index contributed by atoms with van der Waals surface area (Å²) < 4.78 is 7.11. The molecule has 1 N–H and O–H groups in total. The molecule has 7 heteroatoms. The summed E-state index contributed by atoms with van der Waals surface area (Å²) in [5.74, 6) is 1.11. The lowest BCUT2D eigenvalue weighted by molar-refractivity contribution is -0.130. The van der Waals surface area contributed by atoms with Crippen LogP contribution in [0.1, 0.15) is 35.6 Å². The molecule has 2 amide bonds. The van der Waals surface area contributed by atoms with E-state index in [1.54, 1.807) is 12.1 Å². The second-order valence-electron chi connectivity index (χ2n) is 7.03. The van der Waals surface area contributed by atoms with E-state index in [4.69, 9.17) is 9.40 Å². The lowest BCUT2D eigenvalue weighted by Gasteiger charge is -2.17. The quantitative estimate of drug-likeness (QED) is 0.639. The van der Waals surface area contributed by atoms with E-state index in [9.17, 15) is 9.59 Å². The summed E-state index contributed by atoms with van der Waals surface area (Å²) in [6.07, 6.45) is 5.06. The van der Waals surface area contributed by atoms with Gasteiger partial charge in [-0.05, 0) is 43.5 Å². The number of hydrogen-bond acceptors (Lipinski definition) is 4. The molecule has 1 aliphatic rings. The number of imidazole rings is 1. The molecule has 3 aromatic rings. The van der Waals surface area contributed by atoms with Gasteiger partial charge in [0.2, 0.25) is 5.91 Å². The molecular formula is C21H24N4O3. The standard InChI is InChI=1S/C21H24N4O3/c26-20(24-12-3-4-13-24)15-25-17-8-2-1-7-16(17)23-19(25)10-5-11-22-21(27)18-9-6-14-28-18/h1-2,6-9,14H,3-5,10-13,15H2,(H,22,27). The normalized spacial score (nSPS) is 13.9. The minimum atomic E-state index is -0.220. The van der Waals surface area contributed by atoms with Crippen molar-refractivity contribution in [2.24, 2.45) is 0 Å². The molecule has 0 radical (unpaired) electrons. The van der Waals surface area contributed by atoms with Crippen molar-refractivity contribution in [3.8, 4) is 0 Å². The summed E-state index contributed by atoms with van der Waals surface area (Å²) in [7, 11) is 0. The Labute approximate surface area is 163 Å². The van der Waals surface area contributed by atoms with Gasteiger partial charge < -0.3 is 19.2 Å². The second-order valence-corrected chi connectivity index (χ2v) is 7.03. The maximum Gasteiger partial charge on any atom is 0.286 e. The van der Waals surface area contributed by atoms with Gasteiger partial charge >= 0.3 is 0 Å². The summed E-state index contributed by atoms with van der Waals surface area (Å²) in [4.78, 5) is 31.3. The molecule has 0 spiro atoms. The minimum absolute atomic E-state index is 0.146. The predicted octanol–water partition coefficient (Wildman–Crippen LogP) is 2.61. The number of nitrogens with zero attached hydrogens (tertiary/aromatic N) is 3. The molecule has 7 nitrogen and oxygen atoms in total. The summed E-state index contributed by atoms with van der Waals surface area (Å²) >= 11 is 0. The first-order chi connectivity index (χ1) is 13.7. The number of furan rings is 1. The Balaban J connectivity index is 1.42. The fourth-order valence-corrected chi connectivity index (χ4v) is 3.64. The first-order valence-corrected chi connectivity index (χ1v) is 9.76. The van der Waals surface area contributed by atoms with Gasteiger partial charge in [-0.3, -0.25) is 9.59 Å². The first kappa shape index (κ1) is 18.3. The highest BCUT2D eigenvalue weighted by Gasteiger charge is 2.20. The van der Waals surface area contributed by atoms with Crippen molar-refractivity contribution in [3.63, 3.8) is 0 Å². The van der Waals surface area contributed by atoms with Crippen LogP contribution < -0.4 is 5.32 Å². The van der Waals surface area contributed by atoms with Crippen molar-refractivity contribution in [2.75, 3.05) is 19.6 Å². The Bertz CT molecular complexity index is 955. The fourth-order valence-electron chi connectivity index (χ4n) is 3.64. The van der Waals surface area contributed by atoms with E-state index in [0.29, 0.717) is 25.3 Å². The Hall–Kier alpha value is -3.09. The summed E-state index contributed by atoms with van der Waals surface area (Å²) in [5.41, 5.74) is 1.87. The zero-order valence-corrected chi connectivity index (χ0v) is 15.8. The van der Waals surface area contributed by atoms with Gasteiger partial charge in [0.05, 0.1) is 17.3 Å². The lowest BCUT2D eigenvalue weighted by atomic mass is 10.2. The Morgan fingerprint density at radius 1 is 1.11 bits per heavy atom. The maximum atomic E-state index is 12.7. The molecule has 3 heterocycles. The number of fused-ring (bicyclic) bond motifs is 1. The third kappa shape index (κ3) is 3.93. The van der Waals surface area contributed by atoms with Gasteiger partial charge in [-0.2, -0.15) is 0 Å². The van der Waals surface area contributed by atoms with Crippen molar-refractivity contribution in [1.29, 1.82) is 0 Å². The van der Waals surface area contributed by atoms with E-state index >= 15 is 0 Å². The van der Waals surface area contributed by atoms with E-state index in [0.717, 1.165) is 49.2 Å². The summed E-state index contributed by atoms with van der Waals surface area (Å²) in [6, 6.07) is 11.2. The number of carbonyl (C=O) groups is 2. The fraction of sp³-hybridized carbons (Fsp3) is 0.381. The van der Waals surface area contributed by atoms with Gasteiger partial charge in [-0.15, -0.1) is 0 Å². The monoisotopic (exact) mass is 380 g/mol. The van der Waals surface area contributed by atoms with E-state index in [1.807, 2.05) is 33.7 Å². The van der Waals surface area contributed by atoms with Crippen molar-refractivity contribution in [2.45, 2.75) is 32.2 Å². The summed E-state index contributed by atoms with van der Waals surface area (Å²) in [6.45, 7) is 2.52. The minimum Gasteiger partial charge on any atom is -0.459 e. The van der Waals surface area contributed by atoms with E-state index < -0.39 is 0 Å². The Morgan fingerprint density at radius 3 is 2.71 bits per heavy atom. The zero-order valence-electron chi connectivity index (χ0n) is 15.8. The van der Waals surface area contributed by atoms with Gasteiger partial charge in [-0.1, -0.05) is 12.1 Å². The van der Waals surface area contributed by atoms with Crippen LogP contribution in [0.3, 0.4) is 0 Å². The molecule has 1 aliphatic heterocycles. The third-order valence-corrected chi connectivity index (χ3v) is 5.09. The Morgan fingerprint density at radius 2 is 1.93 bits per heavy atom. The molecule has 4 rings (SSSR count). The highest BCUT2D eigenvalue weighted by molar-refractivity contribution is 5.91. The van der Waals surface area contributed by atoms with Crippen LogP contribution in [0.4, 0.5) is 0 Å². The second kappa shape index (κ2) is 8.29. The van der Waals surface area contributed by atoms with Crippen molar-refractivity contribution >= 4 is 22.8 Å². The van der Waals surface area contributed by atoms with Gasteiger partial charge in [0.15, 0.2) is 5.76 Å². The average molecular weight is 380 g/mol. The number of hydrogen-bond donors (Lipinski definition) is 1. The van der Waals surface area contributed by atoms with E-state index in [1.165, 1.54) is 6.26 Å². The molecule has 2 aromatic heterocycles. The maximum absolute atomic E-state index is 12.7. The molecule has 0 aliphatic carbocycles. The van der Waals surface area contributed by atoms with Crippen molar-refractivity contribution in [3.05, 3.63) is 54.2 Å². The molecular weight excluding hydrogens is 356 g/mol. The van der Waals surface area contributed by atoms with Crippen LogP contribution in [-0.2, 0) is 17.8 Å². The van der Waals surface area contributed by atoms with E-state index in [2.05, 4.69) is 5.32 Å². The smallest absolute Gasteiger partial charge is 0.286 e. The highest BCUT2D eigenvalue weighted by atomic mass is 16.3. The van der Waals surface area contributed by atoms with Gasteiger partial charge in [0, 0.05) is 26.1 Å². The number of rotatable bonds is 7. The number of amides is 2. The van der Waals surface area contributed by atoms with Crippen molar-refractivity contribution < 1.29 is 14.0 Å². The van der Waals surface area contributed by atoms with Crippen LogP contribution >= 0.6 is 0 Å². The number of nitrogens with one attached hydrogen (secondary N) is 1. The Kier molecular flexibility index (Phi) is 5.41. The topological polar surface area (TPSA) is 80.4 Å². The SMILES string of the molecule is O=C(NCCCc1nc2ccccc2n1CC(=O)N1CCCC1)c1ccco1. The van der Waals surface area contributed by atoms with Crippen LogP contribution in [0.25, 0.3) is 11.0 Å². The first-order valence-electron chi connectivity index (χ1n) is 9.76. The van der Waals surface area contributed by atoms with Gasteiger partial charge in [-0.25, -0.2) is 4.98 Å². The number of benzene rings is 1. The number of likely N-dealkylation sites (tertiary alicyclic amines) is 1. The van der Waals surface area contributed by atoms with Crippen LogP contribution in [-0.4, -0.2) is 45.9 Å². The third-order valence-electron chi connectivity index (χ3n) is 5.09.